The number of rotatable bonds is 6. The van der Waals surface area contributed by atoms with Crippen LogP contribution < -0.4 is 16.6 Å². The number of nitrogen functional groups attached to an aromatic ring is 1. The maximum absolute atomic E-state index is 11.9. The Morgan fingerprint density at radius 2 is 2.33 bits per heavy atom. The van der Waals surface area contributed by atoms with Crippen molar-refractivity contribution < 1.29 is 4.79 Å². The molecule has 0 radical (unpaired) electrons. The Labute approximate surface area is 112 Å². The van der Waals surface area contributed by atoms with Gasteiger partial charge in [0.2, 0.25) is 0 Å². The van der Waals surface area contributed by atoms with E-state index in [4.69, 9.17) is 17.4 Å². The first-order valence-corrected chi connectivity index (χ1v) is 6.39. The van der Waals surface area contributed by atoms with Gasteiger partial charge in [-0.1, -0.05) is 31.4 Å². The minimum absolute atomic E-state index is 0.142. The van der Waals surface area contributed by atoms with Gasteiger partial charge in [0.05, 0.1) is 10.6 Å². The normalized spacial score (nSPS) is 12.0. The lowest BCUT2D eigenvalue weighted by atomic mass is 10.1. The van der Waals surface area contributed by atoms with Crippen LogP contribution in [0.4, 0.5) is 5.82 Å². The van der Waals surface area contributed by atoms with Crippen molar-refractivity contribution in [3.63, 3.8) is 0 Å². The second kappa shape index (κ2) is 7.18. The summed E-state index contributed by atoms with van der Waals surface area (Å²) < 4.78 is 0. The minimum atomic E-state index is -0.170. The van der Waals surface area contributed by atoms with E-state index in [2.05, 4.69) is 22.7 Å². The van der Waals surface area contributed by atoms with Crippen molar-refractivity contribution in [1.29, 1.82) is 0 Å². The summed E-state index contributed by atoms with van der Waals surface area (Å²) in [5.41, 5.74) is 2.79. The molecule has 1 unspecified atom stereocenters. The Balaban J connectivity index is 2.64. The van der Waals surface area contributed by atoms with Crippen LogP contribution in [-0.4, -0.2) is 16.9 Å². The van der Waals surface area contributed by atoms with Gasteiger partial charge in [-0.05, 0) is 19.4 Å². The third kappa shape index (κ3) is 4.16. The molecule has 0 bridgehead atoms. The van der Waals surface area contributed by atoms with Gasteiger partial charge in [-0.15, -0.1) is 0 Å². The summed E-state index contributed by atoms with van der Waals surface area (Å²) in [7, 11) is 0. The second-order valence-electron chi connectivity index (χ2n) is 4.22. The van der Waals surface area contributed by atoms with Crippen LogP contribution in [0.15, 0.2) is 12.3 Å². The number of anilines is 1. The van der Waals surface area contributed by atoms with Gasteiger partial charge < -0.3 is 10.7 Å². The third-order valence-electron chi connectivity index (χ3n) is 2.61. The van der Waals surface area contributed by atoms with E-state index >= 15 is 0 Å². The van der Waals surface area contributed by atoms with Gasteiger partial charge in [0, 0.05) is 12.2 Å². The minimum Gasteiger partial charge on any atom is -0.350 e. The predicted molar refractivity (Wildman–Crippen MR) is 73.5 cm³/mol. The molecule has 0 fully saturated rings. The number of hydrogen-bond acceptors (Lipinski definition) is 4. The van der Waals surface area contributed by atoms with Crippen molar-refractivity contribution in [3.05, 3.63) is 22.8 Å². The van der Waals surface area contributed by atoms with Gasteiger partial charge in [0.15, 0.2) is 5.82 Å². The average Bonchev–Trinajstić information content (AvgIpc) is 2.36. The molecule has 5 nitrogen and oxygen atoms in total. The Kier molecular flexibility index (Phi) is 5.88. The number of amides is 1. The zero-order chi connectivity index (χ0) is 13.5. The smallest absolute Gasteiger partial charge is 0.253 e. The fraction of sp³-hybridized carbons (Fsp3) is 0.500. The lowest BCUT2D eigenvalue weighted by Crippen LogP contribution is -2.32. The van der Waals surface area contributed by atoms with Crippen molar-refractivity contribution in [3.8, 4) is 0 Å². The molecule has 1 aromatic rings. The molecule has 1 aromatic heterocycles. The van der Waals surface area contributed by atoms with E-state index in [0.29, 0.717) is 16.4 Å². The Morgan fingerprint density at radius 3 is 2.89 bits per heavy atom. The van der Waals surface area contributed by atoms with Crippen molar-refractivity contribution in [2.24, 2.45) is 5.84 Å². The molecule has 0 spiro atoms. The number of nitrogens with two attached hydrogens (primary N) is 1. The topological polar surface area (TPSA) is 80.0 Å². The van der Waals surface area contributed by atoms with Gasteiger partial charge in [0.1, 0.15) is 0 Å². The lowest BCUT2D eigenvalue weighted by molar-refractivity contribution is 0.0937. The first-order chi connectivity index (χ1) is 8.58. The fourth-order valence-electron chi connectivity index (χ4n) is 1.56. The lowest BCUT2D eigenvalue weighted by Gasteiger charge is -2.13. The van der Waals surface area contributed by atoms with E-state index in [1.807, 2.05) is 6.92 Å². The van der Waals surface area contributed by atoms with Gasteiger partial charge in [-0.3, -0.25) is 4.79 Å². The third-order valence-corrected chi connectivity index (χ3v) is 2.90. The molecule has 0 aromatic carbocycles. The van der Waals surface area contributed by atoms with Crippen LogP contribution in [-0.2, 0) is 0 Å². The summed E-state index contributed by atoms with van der Waals surface area (Å²) in [6.07, 6.45) is 4.62. The highest BCUT2D eigenvalue weighted by Gasteiger charge is 2.11. The maximum Gasteiger partial charge on any atom is 0.253 e. The monoisotopic (exact) mass is 270 g/mol. The van der Waals surface area contributed by atoms with Gasteiger partial charge >= 0.3 is 0 Å². The molecule has 0 saturated carbocycles. The Morgan fingerprint density at radius 1 is 1.61 bits per heavy atom. The molecule has 1 atom stereocenters. The van der Waals surface area contributed by atoms with E-state index in [1.165, 1.54) is 6.20 Å². The van der Waals surface area contributed by atoms with Gasteiger partial charge in [-0.2, -0.15) is 0 Å². The van der Waals surface area contributed by atoms with E-state index in [1.54, 1.807) is 6.07 Å². The van der Waals surface area contributed by atoms with Crippen molar-refractivity contribution in [2.75, 3.05) is 5.43 Å². The largest absolute Gasteiger partial charge is 0.350 e. The van der Waals surface area contributed by atoms with Crippen molar-refractivity contribution in [1.82, 2.24) is 10.3 Å². The molecular formula is C12H19ClN4O. The molecule has 0 aliphatic rings. The summed E-state index contributed by atoms with van der Waals surface area (Å²) in [6, 6.07) is 1.69. The van der Waals surface area contributed by atoms with Crippen LogP contribution >= 0.6 is 11.6 Å². The SMILES string of the molecule is CCCCC(C)NC(=O)c1cnc(NN)c(Cl)c1. The number of pyridine rings is 1. The van der Waals surface area contributed by atoms with E-state index in [0.717, 1.165) is 19.3 Å². The molecule has 18 heavy (non-hydrogen) atoms. The first-order valence-electron chi connectivity index (χ1n) is 6.01. The highest BCUT2D eigenvalue weighted by molar-refractivity contribution is 6.33. The van der Waals surface area contributed by atoms with Gasteiger partial charge in [-0.25, -0.2) is 10.8 Å². The molecule has 0 aliphatic carbocycles. The summed E-state index contributed by atoms with van der Waals surface area (Å²) in [6.45, 7) is 4.11. The quantitative estimate of drug-likeness (QED) is 0.547. The van der Waals surface area contributed by atoms with E-state index in [-0.39, 0.29) is 11.9 Å². The van der Waals surface area contributed by atoms with Crippen LogP contribution in [0.2, 0.25) is 5.02 Å². The number of carbonyl (C=O) groups is 1. The molecule has 1 heterocycles. The Bertz CT molecular complexity index is 411. The number of hydrazine groups is 1. The maximum atomic E-state index is 11.9. The van der Waals surface area contributed by atoms with Gasteiger partial charge in [0.25, 0.3) is 5.91 Å². The van der Waals surface area contributed by atoms with Crippen LogP contribution in [0.3, 0.4) is 0 Å². The summed E-state index contributed by atoms with van der Waals surface area (Å²) in [5.74, 6) is 5.40. The molecule has 0 saturated heterocycles. The van der Waals surface area contributed by atoms with Crippen molar-refractivity contribution in [2.45, 2.75) is 39.2 Å². The van der Waals surface area contributed by atoms with Crippen molar-refractivity contribution >= 4 is 23.3 Å². The number of aromatic nitrogens is 1. The van der Waals surface area contributed by atoms with E-state index < -0.39 is 0 Å². The number of nitrogens with zero attached hydrogens (tertiary/aromatic N) is 1. The Hall–Kier alpha value is -1.33. The van der Waals surface area contributed by atoms with Crippen LogP contribution in [0.1, 0.15) is 43.5 Å². The molecule has 100 valence electrons. The molecular weight excluding hydrogens is 252 g/mol. The first kappa shape index (κ1) is 14.7. The van der Waals surface area contributed by atoms with E-state index in [9.17, 15) is 4.79 Å². The zero-order valence-electron chi connectivity index (χ0n) is 10.7. The number of nitrogens with one attached hydrogen (secondary N) is 2. The summed E-state index contributed by atoms with van der Waals surface area (Å²) in [4.78, 5) is 15.9. The highest BCUT2D eigenvalue weighted by Crippen LogP contribution is 2.18. The predicted octanol–water partition coefficient (Wildman–Crippen LogP) is 2.33. The summed E-state index contributed by atoms with van der Waals surface area (Å²) >= 11 is 5.91. The number of halogens is 1. The molecule has 4 N–H and O–H groups in total. The number of carbonyl (C=O) groups excluding carboxylic acids is 1. The fourth-order valence-corrected chi connectivity index (χ4v) is 1.78. The molecule has 6 heteroatoms. The number of hydrogen-bond donors (Lipinski definition) is 3. The molecule has 0 aliphatic heterocycles. The highest BCUT2D eigenvalue weighted by atomic mass is 35.5. The van der Waals surface area contributed by atoms with Crippen LogP contribution in [0, 0.1) is 0 Å². The van der Waals surface area contributed by atoms with Crippen LogP contribution in [0.5, 0.6) is 0 Å². The number of unbranched alkanes of at least 4 members (excludes halogenated alkanes) is 1. The molecule has 1 amide bonds. The zero-order valence-corrected chi connectivity index (χ0v) is 11.4. The van der Waals surface area contributed by atoms with Crippen LogP contribution in [0.25, 0.3) is 0 Å². The standard InChI is InChI=1S/C12H19ClN4O/c1-3-4-5-8(2)16-12(18)9-6-10(13)11(17-14)15-7-9/h6-8H,3-5,14H2,1-2H3,(H,15,17)(H,16,18). The molecule has 1 rings (SSSR count). The average molecular weight is 271 g/mol. The summed E-state index contributed by atoms with van der Waals surface area (Å²) in [5, 5.41) is 3.23. The second-order valence-corrected chi connectivity index (χ2v) is 4.62.